The Morgan fingerprint density at radius 1 is 1.46 bits per heavy atom. The first-order chi connectivity index (χ1) is 6.09. The van der Waals surface area contributed by atoms with Gasteiger partial charge in [0.25, 0.3) is 0 Å². The Hall–Kier alpha value is -0.280. The average Bonchev–Trinajstić information content (AvgIpc) is 2.10. The molecule has 0 aromatic rings. The van der Waals surface area contributed by atoms with Gasteiger partial charge in [-0.25, -0.2) is 0 Å². The van der Waals surface area contributed by atoms with Crippen LogP contribution in [0, 0.1) is 0 Å². The summed E-state index contributed by atoms with van der Waals surface area (Å²) in [5, 5.41) is 8.09. The third kappa shape index (κ3) is 5.88. The number of halogens is 1. The van der Waals surface area contributed by atoms with Gasteiger partial charge >= 0.3 is 0 Å². The fraction of sp³-hybridized carbons (Fsp3) is 0.889. The van der Waals surface area contributed by atoms with E-state index in [0.717, 1.165) is 25.8 Å². The number of hydrogen-bond donors (Lipinski definition) is 1. The number of rotatable bonds is 6. The van der Waals surface area contributed by atoms with Crippen LogP contribution in [0.25, 0.3) is 0 Å². The van der Waals surface area contributed by atoms with Gasteiger partial charge in [0.1, 0.15) is 5.38 Å². The molecule has 1 atom stereocenters. The number of hydrogen-bond acceptors (Lipinski definition) is 2. The first kappa shape index (κ1) is 12.7. The van der Waals surface area contributed by atoms with Crippen LogP contribution in [0.1, 0.15) is 26.2 Å². The van der Waals surface area contributed by atoms with Gasteiger partial charge in [-0.15, -0.1) is 11.6 Å². The molecule has 1 unspecified atom stereocenters. The van der Waals surface area contributed by atoms with Crippen LogP contribution in [0.3, 0.4) is 0 Å². The molecular formula is C9H18ClNO2. The van der Waals surface area contributed by atoms with Crippen molar-refractivity contribution < 1.29 is 9.90 Å². The zero-order chi connectivity index (χ0) is 10.3. The maximum atomic E-state index is 11.3. The van der Waals surface area contributed by atoms with E-state index in [1.807, 2.05) is 0 Å². The highest BCUT2D eigenvalue weighted by molar-refractivity contribution is 6.30. The average molecular weight is 208 g/mol. The number of unbranched alkanes of at least 4 members (excludes halogenated alkanes) is 2. The molecule has 0 aromatic heterocycles. The number of amides is 1. The lowest BCUT2D eigenvalue weighted by Crippen LogP contribution is -2.32. The first-order valence-electron chi connectivity index (χ1n) is 4.59. The minimum absolute atomic E-state index is 0.0364. The molecule has 0 aliphatic carbocycles. The molecule has 1 amide bonds. The first-order valence-corrected chi connectivity index (χ1v) is 5.03. The van der Waals surface area contributed by atoms with E-state index < -0.39 is 5.38 Å². The van der Waals surface area contributed by atoms with E-state index in [0.29, 0.717) is 0 Å². The molecule has 0 rings (SSSR count). The number of carbonyl (C=O) groups excluding carboxylic acids is 1. The summed E-state index contributed by atoms with van der Waals surface area (Å²) < 4.78 is 0. The van der Waals surface area contributed by atoms with Gasteiger partial charge in [0, 0.05) is 20.2 Å². The van der Waals surface area contributed by atoms with Crippen LogP contribution in [0.5, 0.6) is 0 Å². The van der Waals surface area contributed by atoms with Gasteiger partial charge in [-0.2, -0.15) is 0 Å². The predicted molar refractivity (Wildman–Crippen MR) is 53.9 cm³/mol. The highest BCUT2D eigenvalue weighted by Crippen LogP contribution is 2.02. The summed E-state index contributed by atoms with van der Waals surface area (Å²) in [5.74, 6) is -0.0364. The third-order valence-corrected chi connectivity index (χ3v) is 2.05. The summed E-state index contributed by atoms with van der Waals surface area (Å²) in [7, 11) is 1.75. The van der Waals surface area contributed by atoms with E-state index in [4.69, 9.17) is 16.7 Å². The van der Waals surface area contributed by atoms with Crippen LogP contribution < -0.4 is 0 Å². The van der Waals surface area contributed by atoms with Crippen LogP contribution in [-0.4, -0.2) is 41.5 Å². The normalized spacial score (nSPS) is 12.6. The third-order valence-electron chi connectivity index (χ3n) is 1.87. The standard InChI is InChI=1S/C9H18ClNO2/c1-8(10)9(13)11(2)6-4-3-5-7-12/h8,12H,3-7H2,1-2H3. The zero-order valence-corrected chi connectivity index (χ0v) is 9.05. The highest BCUT2D eigenvalue weighted by atomic mass is 35.5. The molecule has 4 heteroatoms. The largest absolute Gasteiger partial charge is 0.396 e. The molecule has 0 aromatic carbocycles. The lowest BCUT2D eigenvalue weighted by molar-refractivity contribution is -0.129. The minimum Gasteiger partial charge on any atom is -0.396 e. The molecule has 13 heavy (non-hydrogen) atoms. The molecule has 0 saturated carbocycles. The van der Waals surface area contributed by atoms with E-state index in [-0.39, 0.29) is 12.5 Å². The monoisotopic (exact) mass is 207 g/mol. The zero-order valence-electron chi connectivity index (χ0n) is 8.29. The second kappa shape index (κ2) is 7.15. The van der Waals surface area contributed by atoms with E-state index in [2.05, 4.69) is 0 Å². The van der Waals surface area contributed by atoms with Crippen molar-refractivity contribution in [1.82, 2.24) is 4.90 Å². The molecule has 0 aliphatic heterocycles. The molecule has 0 radical (unpaired) electrons. The van der Waals surface area contributed by atoms with E-state index >= 15 is 0 Å². The second-order valence-electron chi connectivity index (χ2n) is 3.16. The van der Waals surface area contributed by atoms with Crippen molar-refractivity contribution in [1.29, 1.82) is 0 Å². The molecule has 0 aliphatic rings. The number of aliphatic hydroxyl groups excluding tert-OH is 1. The molecule has 0 fully saturated rings. The summed E-state index contributed by atoms with van der Waals surface area (Å²) >= 11 is 5.63. The summed E-state index contributed by atoms with van der Waals surface area (Å²) in [6, 6.07) is 0. The number of alkyl halides is 1. The molecule has 0 spiro atoms. The second-order valence-corrected chi connectivity index (χ2v) is 3.81. The van der Waals surface area contributed by atoms with Crippen molar-refractivity contribution >= 4 is 17.5 Å². The summed E-state index contributed by atoms with van der Waals surface area (Å²) in [5.41, 5.74) is 0. The maximum absolute atomic E-state index is 11.3. The summed E-state index contributed by atoms with van der Waals surface area (Å²) in [4.78, 5) is 12.9. The Bertz CT molecular complexity index is 151. The van der Waals surface area contributed by atoms with Crippen molar-refractivity contribution in [2.45, 2.75) is 31.6 Å². The molecule has 3 nitrogen and oxygen atoms in total. The van der Waals surface area contributed by atoms with Gasteiger partial charge in [-0.05, 0) is 26.2 Å². The van der Waals surface area contributed by atoms with Crippen molar-refractivity contribution in [2.75, 3.05) is 20.2 Å². The van der Waals surface area contributed by atoms with Gasteiger partial charge in [0.05, 0.1) is 0 Å². The smallest absolute Gasteiger partial charge is 0.240 e. The number of carbonyl (C=O) groups is 1. The lowest BCUT2D eigenvalue weighted by atomic mass is 10.2. The Morgan fingerprint density at radius 2 is 2.08 bits per heavy atom. The fourth-order valence-corrected chi connectivity index (χ4v) is 1.22. The molecule has 0 bridgehead atoms. The summed E-state index contributed by atoms with van der Waals surface area (Å²) in [6.07, 6.45) is 2.68. The van der Waals surface area contributed by atoms with Crippen LogP contribution in [0.15, 0.2) is 0 Å². The quantitative estimate of drug-likeness (QED) is 0.526. The lowest BCUT2D eigenvalue weighted by Gasteiger charge is -2.17. The molecule has 0 saturated heterocycles. The van der Waals surface area contributed by atoms with Crippen LogP contribution in [0.2, 0.25) is 0 Å². The highest BCUT2D eigenvalue weighted by Gasteiger charge is 2.13. The minimum atomic E-state index is -0.442. The van der Waals surface area contributed by atoms with Gasteiger partial charge in [0.15, 0.2) is 0 Å². The Labute approximate surface area is 84.7 Å². The Balaban J connectivity index is 3.50. The van der Waals surface area contributed by atoms with Gasteiger partial charge in [-0.1, -0.05) is 0 Å². The maximum Gasteiger partial charge on any atom is 0.240 e. The molecule has 0 heterocycles. The Morgan fingerprint density at radius 3 is 2.54 bits per heavy atom. The van der Waals surface area contributed by atoms with Crippen LogP contribution in [0.4, 0.5) is 0 Å². The van der Waals surface area contributed by atoms with E-state index in [1.165, 1.54) is 0 Å². The van der Waals surface area contributed by atoms with Gasteiger partial charge in [-0.3, -0.25) is 4.79 Å². The van der Waals surface area contributed by atoms with Crippen LogP contribution >= 0.6 is 11.6 Å². The predicted octanol–water partition coefficient (Wildman–Crippen LogP) is 1.23. The number of aliphatic hydroxyl groups is 1. The molecule has 1 N–H and O–H groups in total. The topological polar surface area (TPSA) is 40.5 Å². The number of nitrogens with zero attached hydrogens (tertiary/aromatic N) is 1. The molecular weight excluding hydrogens is 190 g/mol. The van der Waals surface area contributed by atoms with Gasteiger partial charge in [0.2, 0.25) is 5.91 Å². The summed E-state index contributed by atoms with van der Waals surface area (Å²) in [6.45, 7) is 2.62. The Kier molecular flexibility index (Phi) is 7.00. The van der Waals surface area contributed by atoms with E-state index in [1.54, 1.807) is 18.9 Å². The van der Waals surface area contributed by atoms with E-state index in [9.17, 15) is 4.79 Å². The van der Waals surface area contributed by atoms with Crippen molar-refractivity contribution in [2.24, 2.45) is 0 Å². The van der Waals surface area contributed by atoms with Crippen molar-refractivity contribution in [3.05, 3.63) is 0 Å². The van der Waals surface area contributed by atoms with Crippen molar-refractivity contribution in [3.8, 4) is 0 Å². The SMILES string of the molecule is CC(Cl)C(=O)N(C)CCCCCO. The van der Waals surface area contributed by atoms with Gasteiger partial charge < -0.3 is 10.0 Å². The molecule has 78 valence electrons. The van der Waals surface area contributed by atoms with Crippen LogP contribution in [-0.2, 0) is 4.79 Å². The fourth-order valence-electron chi connectivity index (χ4n) is 1.05. The van der Waals surface area contributed by atoms with Crippen molar-refractivity contribution in [3.63, 3.8) is 0 Å².